The molecule has 2 bridgehead atoms. The van der Waals surface area contributed by atoms with Crippen LogP contribution < -0.4 is 14.7 Å². The topological polar surface area (TPSA) is 78.6 Å². The summed E-state index contributed by atoms with van der Waals surface area (Å²) in [7, 11) is 0. The van der Waals surface area contributed by atoms with Crippen molar-refractivity contribution < 1.29 is 9.31 Å². The molecule has 3 heterocycles. The van der Waals surface area contributed by atoms with E-state index in [1.807, 2.05) is 4.90 Å². The number of anilines is 3. The van der Waals surface area contributed by atoms with Gasteiger partial charge in [0.05, 0.1) is 4.92 Å². The second-order valence-electron chi connectivity index (χ2n) is 10.9. The minimum atomic E-state index is -0.313. The molecular weight excluding hydrogens is 423 g/mol. The summed E-state index contributed by atoms with van der Waals surface area (Å²) in [5.74, 6) is 0.595. The molecule has 9 heteroatoms. The van der Waals surface area contributed by atoms with E-state index in [0.717, 1.165) is 31.5 Å². The molecule has 3 fully saturated rings. The average Bonchev–Trinajstić information content (AvgIpc) is 3.02. The molecule has 1 aliphatic carbocycles. The van der Waals surface area contributed by atoms with Gasteiger partial charge < -0.3 is 14.7 Å². The molecule has 1 aromatic heterocycles. The quantitative estimate of drug-likeness (QED) is 0.505. The van der Waals surface area contributed by atoms with Crippen molar-refractivity contribution in [1.29, 1.82) is 0 Å². The lowest BCUT2D eigenvalue weighted by atomic mass is 9.65. The highest BCUT2D eigenvalue weighted by molar-refractivity contribution is 5.72. The first-order valence-electron chi connectivity index (χ1n) is 11.7. The molecule has 0 radical (unpaired) electrons. The standard InChI is InChI=1S/C24H31FN6O2/c1-23(2)12-19-13-24(3,14-23)15-30(19)22-20(31(32)33)21(26-16-27-22)29-10-8-28(9-11-29)18-6-4-17(25)5-7-18/h4-7,16,19H,8-15H2,1-3H3. The van der Waals surface area contributed by atoms with Crippen LogP contribution in [0.15, 0.2) is 30.6 Å². The van der Waals surface area contributed by atoms with Gasteiger partial charge in [0.1, 0.15) is 12.1 Å². The van der Waals surface area contributed by atoms with Crippen LogP contribution in [0.5, 0.6) is 0 Å². The summed E-state index contributed by atoms with van der Waals surface area (Å²) in [4.78, 5) is 27.1. The molecule has 2 aromatic rings. The van der Waals surface area contributed by atoms with Gasteiger partial charge in [-0.3, -0.25) is 10.1 Å². The summed E-state index contributed by atoms with van der Waals surface area (Å²) in [6, 6.07) is 6.71. The highest BCUT2D eigenvalue weighted by Crippen LogP contribution is 2.54. The molecule has 0 spiro atoms. The Kier molecular flexibility index (Phi) is 5.17. The van der Waals surface area contributed by atoms with Crippen molar-refractivity contribution in [3.63, 3.8) is 0 Å². The van der Waals surface area contributed by atoms with Crippen molar-refractivity contribution >= 4 is 23.0 Å². The Morgan fingerprint density at radius 2 is 1.64 bits per heavy atom. The summed E-state index contributed by atoms with van der Waals surface area (Å²) >= 11 is 0. The van der Waals surface area contributed by atoms with Gasteiger partial charge in [-0.25, -0.2) is 14.4 Å². The van der Waals surface area contributed by atoms with Crippen LogP contribution in [-0.2, 0) is 0 Å². The molecule has 1 saturated carbocycles. The molecule has 0 amide bonds. The fraction of sp³-hybridized carbons (Fsp3) is 0.583. The van der Waals surface area contributed by atoms with Gasteiger partial charge in [0.15, 0.2) is 0 Å². The molecular formula is C24H31FN6O2. The van der Waals surface area contributed by atoms with E-state index >= 15 is 0 Å². The second kappa shape index (κ2) is 7.81. The fourth-order valence-electron chi connectivity index (χ4n) is 6.50. The minimum Gasteiger partial charge on any atom is -0.368 e. The third-order valence-corrected chi connectivity index (χ3v) is 7.42. The van der Waals surface area contributed by atoms with Gasteiger partial charge in [0.25, 0.3) is 0 Å². The third-order valence-electron chi connectivity index (χ3n) is 7.42. The lowest BCUT2D eigenvalue weighted by Gasteiger charge is -2.39. The first-order valence-corrected chi connectivity index (χ1v) is 11.7. The summed E-state index contributed by atoms with van der Waals surface area (Å²) in [6.07, 6.45) is 4.64. The SMILES string of the molecule is CC1(C)CC2CC(C)(CN2c2ncnc(N3CCN(c4ccc(F)cc4)CC3)c2[N+](=O)[O-])C1. The lowest BCUT2D eigenvalue weighted by Crippen LogP contribution is -2.47. The molecule has 2 unspecified atom stereocenters. The van der Waals surface area contributed by atoms with E-state index in [1.54, 1.807) is 12.1 Å². The van der Waals surface area contributed by atoms with Crippen LogP contribution >= 0.6 is 0 Å². The van der Waals surface area contributed by atoms with Crippen LogP contribution in [0, 0.1) is 26.8 Å². The largest absolute Gasteiger partial charge is 0.368 e. The van der Waals surface area contributed by atoms with Gasteiger partial charge >= 0.3 is 5.69 Å². The van der Waals surface area contributed by atoms with Crippen LogP contribution in [0.3, 0.4) is 0 Å². The van der Waals surface area contributed by atoms with Gasteiger partial charge in [0.2, 0.25) is 11.6 Å². The van der Waals surface area contributed by atoms with E-state index in [4.69, 9.17) is 0 Å². The van der Waals surface area contributed by atoms with Gasteiger partial charge in [-0.05, 0) is 54.4 Å². The van der Waals surface area contributed by atoms with E-state index in [0.29, 0.717) is 37.8 Å². The number of hydrogen-bond acceptors (Lipinski definition) is 7. The zero-order chi connectivity index (χ0) is 23.4. The fourth-order valence-corrected chi connectivity index (χ4v) is 6.50. The Hall–Kier alpha value is -2.97. The van der Waals surface area contributed by atoms with Crippen molar-refractivity contribution in [3.8, 4) is 0 Å². The van der Waals surface area contributed by atoms with Crippen molar-refractivity contribution in [1.82, 2.24) is 9.97 Å². The number of hydrogen-bond donors (Lipinski definition) is 0. The number of benzene rings is 1. The Bertz CT molecular complexity index is 1050. The molecule has 33 heavy (non-hydrogen) atoms. The first-order chi connectivity index (χ1) is 15.6. The van der Waals surface area contributed by atoms with Gasteiger partial charge in [-0.1, -0.05) is 20.8 Å². The highest BCUT2D eigenvalue weighted by atomic mass is 19.1. The van der Waals surface area contributed by atoms with Gasteiger partial charge in [-0.2, -0.15) is 0 Å². The molecule has 0 N–H and O–H groups in total. The second-order valence-corrected chi connectivity index (χ2v) is 10.9. The van der Waals surface area contributed by atoms with Crippen LogP contribution in [0.4, 0.5) is 27.4 Å². The maximum absolute atomic E-state index is 13.3. The number of fused-ring (bicyclic) bond motifs is 2. The molecule has 2 saturated heterocycles. The van der Waals surface area contributed by atoms with Gasteiger partial charge in [0, 0.05) is 44.5 Å². The van der Waals surface area contributed by atoms with Crippen molar-refractivity contribution in [2.24, 2.45) is 10.8 Å². The number of rotatable bonds is 4. The predicted molar refractivity (Wildman–Crippen MR) is 126 cm³/mol. The Labute approximate surface area is 193 Å². The highest BCUT2D eigenvalue weighted by Gasteiger charge is 2.51. The summed E-state index contributed by atoms with van der Waals surface area (Å²) < 4.78 is 13.3. The van der Waals surface area contributed by atoms with Crippen LogP contribution in [0.2, 0.25) is 0 Å². The Morgan fingerprint density at radius 3 is 2.30 bits per heavy atom. The number of nitro groups is 1. The van der Waals surface area contributed by atoms with Crippen molar-refractivity contribution in [2.45, 2.75) is 46.1 Å². The minimum absolute atomic E-state index is 0.0155. The molecule has 2 atom stereocenters. The number of halogens is 1. The molecule has 3 aliphatic rings. The van der Waals surface area contributed by atoms with Crippen LogP contribution in [0.25, 0.3) is 0 Å². The van der Waals surface area contributed by atoms with E-state index in [1.165, 1.54) is 18.5 Å². The lowest BCUT2D eigenvalue weighted by molar-refractivity contribution is -0.383. The van der Waals surface area contributed by atoms with Crippen LogP contribution in [0.1, 0.15) is 40.0 Å². The summed E-state index contributed by atoms with van der Waals surface area (Å²) in [5.41, 5.74) is 1.33. The van der Waals surface area contributed by atoms with E-state index in [9.17, 15) is 14.5 Å². The summed E-state index contributed by atoms with van der Waals surface area (Å²) in [5, 5.41) is 12.3. The molecule has 1 aromatic carbocycles. The Morgan fingerprint density at radius 1 is 1.00 bits per heavy atom. The van der Waals surface area contributed by atoms with E-state index < -0.39 is 0 Å². The maximum atomic E-state index is 13.3. The molecule has 2 aliphatic heterocycles. The normalized spacial score (nSPS) is 26.5. The van der Waals surface area contributed by atoms with Gasteiger partial charge in [-0.15, -0.1) is 0 Å². The molecule has 8 nitrogen and oxygen atoms in total. The number of aromatic nitrogens is 2. The van der Waals surface area contributed by atoms with E-state index in [2.05, 4.69) is 40.5 Å². The van der Waals surface area contributed by atoms with Crippen molar-refractivity contribution in [2.75, 3.05) is 47.4 Å². The average molecular weight is 455 g/mol. The van der Waals surface area contributed by atoms with Crippen LogP contribution in [-0.4, -0.2) is 53.7 Å². The van der Waals surface area contributed by atoms with Crippen molar-refractivity contribution in [3.05, 3.63) is 46.5 Å². The summed E-state index contributed by atoms with van der Waals surface area (Å²) in [6.45, 7) is 10.2. The maximum Gasteiger partial charge on any atom is 0.353 e. The zero-order valence-corrected chi connectivity index (χ0v) is 19.5. The molecule has 176 valence electrons. The van der Waals surface area contributed by atoms with E-state index in [-0.39, 0.29) is 33.3 Å². The third kappa shape index (κ3) is 4.09. The zero-order valence-electron chi connectivity index (χ0n) is 19.5. The molecule has 5 rings (SSSR count). The first kappa shape index (κ1) is 21.9. The predicted octanol–water partition coefficient (Wildman–Crippen LogP) is 4.26. The number of nitrogens with zero attached hydrogens (tertiary/aromatic N) is 6. The number of piperazine rings is 1. The Balaban J connectivity index is 1.41. The smallest absolute Gasteiger partial charge is 0.353 e. The monoisotopic (exact) mass is 454 g/mol.